The van der Waals surface area contributed by atoms with Gasteiger partial charge in [-0.25, -0.2) is 21.6 Å². The van der Waals surface area contributed by atoms with Crippen molar-refractivity contribution in [3.05, 3.63) is 60.7 Å². The van der Waals surface area contributed by atoms with Gasteiger partial charge in [0.2, 0.25) is 0 Å². The third-order valence-corrected chi connectivity index (χ3v) is 8.37. The van der Waals surface area contributed by atoms with E-state index in [1.54, 1.807) is 36.4 Å². The van der Waals surface area contributed by atoms with E-state index in [-0.39, 0.29) is 28.5 Å². The summed E-state index contributed by atoms with van der Waals surface area (Å²) in [7, 11) is -7.41. The van der Waals surface area contributed by atoms with Crippen LogP contribution in [0.2, 0.25) is 0 Å². The molecule has 0 aromatic heterocycles. The van der Waals surface area contributed by atoms with Crippen molar-refractivity contribution in [2.75, 3.05) is 11.5 Å². The van der Waals surface area contributed by atoms with Crippen molar-refractivity contribution in [3.63, 3.8) is 0 Å². The molecular weight excluding hydrogens is 416 g/mol. The Kier molecular flexibility index (Phi) is 5.76. The third kappa shape index (κ3) is 4.33. The summed E-state index contributed by atoms with van der Waals surface area (Å²) in [5, 5.41) is 3.47. The first-order chi connectivity index (χ1) is 13.7. The van der Waals surface area contributed by atoms with Gasteiger partial charge in [-0.3, -0.25) is 0 Å². The van der Waals surface area contributed by atoms with Crippen LogP contribution < -0.4 is 5.73 Å². The van der Waals surface area contributed by atoms with Crippen LogP contribution in [0.15, 0.2) is 75.6 Å². The van der Waals surface area contributed by atoms with E-state index in [4.69, 9.17) is 5.73 Å². The number of amidine groups is 1. The minimum atomic E-state index is -3.71. The van der Waals surface area contributed by atoms with Gasteiger partial charge < -0.3 is 10.6 Å². The molecule has 0 amide bonds. The summed E-state index contributed by atoms with van der Waals surface area (Å²) >= 11 is 0. The number of hydrogen-bond acceptors (Lipinski definition) is 8. The molecule has 0 atom stereocenters. The molecule has 0 fully saturated rings. The molecule has 0 saturated heterocycles. The summed E-state index contributed by atoms with van der Waals surface area (Å²) in [6, 6.07) is 15.5. The lowest BCUT2D eigenvalue weighted by Crippen LogP contribution is -2.43. The molecule has 0 unspecified atom stereocenters. The lowest BCUT2D eigenvalue weighted by atomic mass is 9.82. The minimum absolute atomic E-state index is 0.105. The van der Waals surface area contributed by atoms with E-state index in [2.05, 4.69) is 9.99 Å². The fourth-order valence-corrected chi connectivity index (χ4v) is 5.91. The van der Waals surface area contributed by atoms with Crippen molar-refractivity contribution < 1.29 is 26.5 Å². The van der Waals surface area contributed by atoms with Gasteiger partial charge in [0.25, 0.3) is 0 Å². The Morgan fingerprint density at radius 3 is 1.55 bits per heavy atom. The van der Waals surface area contributed by atoms with Gasteiger partial charge in [0.05, 0.1) is 21.3 Å². The number of benzene rings is 2. The molecule has 1 heterocycles. The zero-order valence-corrected chi connectivity index (χ0v) is 17.0. The predicted molar refractivity (Wildman–Crippen MR) is 106 cm³/mol. The fraction of sp³-hybridized carbons (Fsp3) is 0.263. The molecule has 0 radical (unpaired) electrons. The Labute approximate surface area is 169 Å². The molecule has 0 bridgehead atoms. The van der Waals surface area contributed by atoms with Gasteiger partial charge in [-0.2, -0.15) is 0 Å². The van der Waals surface area contributed by atoms with E-state index in [1.165, 1.54) is 24.3 Å². The lowest BCUT2D eigenvalue weighted by molar-refractivity contribution is -0.148. The smallest absolute Gasteiger partial charge is 0.348 e. The molecule has 154 valence electrons. The summed E-state index contributed by atoms with van der Waals surface area (Å²) in [6.45, 7) is 0. The summed E-state index contributed by atoms with van der Waals surface area (Å²) in [5.74, 6) is -1.88. The van der Waals surface area contributed by atoms with Gasteiger partial charge in [-0.15, -0.1) is 0 Å². The molecule has 10 heteroatoms. The molecule has 3 rings (SSSR count). The molecule has 2 aromatic carbocycles. The van der Waals surface area contributed by atoms with Crippen LogP contribution in [0, 0.1) is 5.41 Å². The first-order valence-electron chi connectivity index (χ1n) is 8.78. The molecule has 2 N–H and O–H groups in total. The van der Waals surface area contributed by atoms with E-state index in [0.29, 0.717) is 0 Å². The van der Waals surface area contributed by atoms with E-state index in [9.17, 15) is 21.6 Å². The fourth-order valence-electron chi connectivity index (χ4n) is 3.06. The van der Waals surface area contributed by atoms with Crippen LogP contribution in [0.1, 0.15) is 12.8 Å². The Morgan fingerprint density at radius 2 is 1.21 bits per heavy atom. The van der Waals surface area contributed by atoms with Crippen LogP contribution >= 0.6 is 0 Å². The number of nitrogens with two attached hydrogens (primary N) is 1. The average molecular weight is 437 g/mol. The van der Waals surface area contributed by atoms with Crippen molar-refractivity contribution in [3.8, 4) is 0 Å². The van der Waals surface area contributed by atoms with Crippen LogP contribution in [0.3, 0.4) is 0 Å². The van der Waals surface area contributed by atoms with E-state index < -0.39 is 42.6 Å². The van der Waals surface area contributed by atoms with Gasteiger partial charge in [-0.1, -0.05) is 41.6 Å². The van der Waals surface area contributed by atoms with Crippen LogP contribution in [0.25, 0.3) is 0 Å². The maximum absolute atomic E-state index is 12.6. The van der Waals surface area contributed by atoms with Crippen LogP contribution in [-0.2, 0) is 29.3 Å². The molecule has 0 spiro atoms. The Balaban J connectivity index is 1.83. The number of carbonyl (C=O) groups is 1. The van der Waals surface area contributed by atoms with Gasteiger partial charge in [-0.05, 0) is 37.1 Å². The molecular formula is C19H20N2O6S2. The highest BCUT2D eigenvalue weighted by molar-refractivity contribution is 7.91. The van der Waals surface area contributed by atoms with E-state index >= 15 is 0 Å². The third-order valence-electron chi connectivity index (χ3n) is 4.91. The highest BCUT2D eigenvalue weighted by Gasteiger charge is 2.50. The van der Waals surface area contributed by atoms with E-state index in [0.717, 1.165) is 0 Å². The molecule has 2 aromatic rings. The second kappa shape index (κ2) is 7.96. The molecule has 8 nitrogen and oxygen atoms in total. The lowest BCUT2D eigenvalue weighted by Gasteiger charge is -2.24. The minimum Gasteiger partial charge on any atom is -0.383 e. The highest BCUT2D eigenvalue weighted by Crippen LogP contribution is 2.35. The number of oxime groups is 1. The first-order valence-corrected chi connectivity index (χ1v) is 12.1. The summed E-state index contributed by atoms with van der Waals surface area (Å²) in [6.07, 6.45) is -0.467. The number of hydrogen-bond donors (Lipinski definition) is 1. The standard InChI is InChI=1S/C19H20N2O6S2/c20-17-19(18(22)27-21-17,11-13-28(23,24)15-7-3-1-4-8-15)12-14-29(25,26)16-9-5-2-6-10-16/h1-10H,11-14H2,(H2,20,21). The normalized spacial score (nSPS) is 16.3. The highest BCUT2D eigenvalue weighted by atomic mass is 32.2. The van der Waals surface area contributed by atoms with Crippen LogP contribution in [0.5, 0.6) is 0 Å². The van der Waals surface area contributed by atoms with Gasteiger partial charge in [0.15, 0.2) is 25.5 Å². The van der Waals surface area contributed by atoms with Crippen molar-refractivity contribution >= 4 is 31.5 Å². The maximum atomic E-state index is 12.6. The molecule has 0 saturated carbocycles. The van der Waals surface area contributed by atoms with Gasteiger partial charge >= 0.3 is 5.97 Å². The topological polar surface area (TPSA) is 133 Å². The second-order valence-corrected chi connectivity index (χ2v) is 10.9. The van der Waals surface area contributed by atoms with Crippen molar-refractivity contribution in [2.45, 2.75) is 22.6 Å². The van der Waals surface area contributed by atoms with Crippen LogP contribution in [-0.4, -0.2) is 40.1 Å². The first kappa shape index (κ1) is 21.0. The summed E-state index contributed by atoms with van der Waals surface area (Å²) < 4.78 is 50.5. The van der Waals surface area contributed by atoms with Gasteiger partial charge in [0, 0.05) is 0 Å². The van der Waals surface area contributed by atoms with Crippen molar-refractivity contribution in [1.82, 2.24) is 0 Å². The van der Waals surface area contributed by atoms with Crippen LogP contribution in [0.4, 0.5) is 0 Å². The largest absolute Gasteiger partial charge is 0.383 e. The average Bonchev–Trinajstić information content (AvgIpc) is 3.01. The second-order valence-electron chi connectivity index (χ2n) is 6.70. The zero-order valence-electron chi connectivity index (χ0n) is 15.4. The quantitative estimate of drug-likeness (QED) is 0.620. The number of nitrogens with zero attached hydrogens (tertiary/aromatic N) is 1. The maximum Gasteiger partial charge on any atom is 0.348 e. The molecule has 29 heavy (non-hydrogen) atoms. The number of carbonyl (C=O) groups excluding carboxylic acids is 1. The molecule has 0 aliphatic carbocycles. The number of sulfone groups is 2. The van der Waals surface area contributed by atoms with E-state index in [1.807, 2.05) is 0 Å². The molecule has 1 aliphatic heterocycles. The monoisotopic (exact) mass is 436 g/mol. The molecule has 1 aliphatic rings. The van der Waals surface area contributed by atoms with Crippen molar-refractivity contribution in [1.29, 1.82) is 0 Å². The Hall–Kier alpha value is -2.72. The summed E-state index contributed by atoms with van der Waals surface area (Å²) in [4.78, 5) is 17.3. The van der Waals surface area contributed by atoms with Crippen molar-refractivity contribution in [2.24, 2.45) is 16.3 Å². The van der Waals surface area contributed by atoms with Gasteiger partial charge in [0.1, 0.15) is 5.41 Å². The SMILES string of the molecule is NC1=NOC(=O)C1(CCS(=O)(=O)c1ccccc1)CCS(=O)(=O)c1ccccc1. The zero-order chi connectivity index (χ0) is 21.1. The predicted octanol–water partition coefficient (Wildman–Crippen LogP) is 1.53. The summed E-state index contributed by atoms with van der Waals surface area (Å²) in [5.41, 5.74) is 4.25. The number of rotatable bonds is 8. The Bertz CT molecular complexity index is 1050. The Morgan fingerprint density at radius 1 is 0.793 bits per heavy atom.